The van der Waals surface area contributed by atoms with Crippen LogP contribution in [0.5, 0.6) is 0 Å². The third-order valence-electron chi connectivity index (χ3n) is 8.40. The highest BCUT2D eigenvalue weighted by molar-refractivity contribution is 8.01. The highest BCUT2D eigenvalue weighted by atomic mass is 32.2. The summed E-state index contributed by atoms with van der Waals surface area (Å²) in [6.07, 6.45) is 21.1. The lowest BCUT2D eigenvalue weighted by Gasteiger charge is -2.24. The van der Waals surface area contributed by atoms with Crippen molar-refractivity contribution in [2.45, 2.75) is 133 Å². The number of rotatable bonds is 14. The van der Waals surface area contributed by atoms with Gasteiger partial charge in [0.2, 0.25) is 0 Å². The van der Waals surface area contributed by atoms with Crippen LogP contribution in [0.4, 0.5) is 0 Å². The number of benzene rings is 1. The number of hydrogen-bond acceptors (Lipinski definition) is 3. The van der Waals surface area contributed by atoms with Gasteiger partial charge in [-0.2, -0.15) is 0 Å². The molecule has 0 aliphatic heterocycles. The molecule has 2 fully saturated rings. The largest absolute Gasteiger partial charge is 0.480 e. The molecule has 2 saturated carbocycles. The van der Waals surface area contributed by atoms with E-state index >= 15 is 0 Å². The van der Waals surface area contributed by atoms with Crippen LogP contribution in [0.1, 0.15) is 122 Å². The van der Waals surface area contributed by atoms with Crippen LogP contribution in [-0.2, 0) is 16.0 Å². The van der Waals surface area contributed by atoms with Crippen molar-refractivity contribution in [2.75, 3.05) is 0 Å². The predicted molar refractivity (Wildman–Crippen MR) is 147 cm³/mol. The van der Waals surface area contributed by atoms with Crippen LogP contribution >= 0.6 is 11.8 Å². The minimum Gasteiger partial charge on any atom is -0.480 e. The summed E-state index contributed by atoms with van der Waals surface area (Å²) in [5, 5.41) is 9.38. The summed E-state index contributed by atoms with van der Waals surface area (Å²) in [5.41, 5.74) is 1.25. The SMILES string of the molecule is CC(C)(Sc1ccc(CCC(CCCCC2CCCCC2)C(=O)CC2CCCCC2)cc1)C(=O)O. The number of Topliss-reactive ketones (excluding diaryl/α,β-unsaturated/α-hetero) is 1. The van der Waals surface area contributed by atoms with Gasteiger partial charge in [0.15, 0.2) is 0 Å². The van der Waals surface area contributed by atoms with Crippen molar-refractivity contribution in [3.63, 3.8) is 0 Å². The molecule has 1 N–H and O–H groups in total. The average Bonchev–Trinajstić information content (AvgIpc) is 2.85. The lowest BCUT2D eigenvalue weighted by atomic mass is 9.80. The number of carboxylic acid groups (broad SMARTS) is 1. The van der Waals surface area contributed by atoms with Gasteiger partial charge in [-0.3, -0.25) is 9.59 Å². The first-order valence-corrected chi connectivity index (χ1v) is 15.2. The highest BCUT2D eigenvalue weighted by Gasteiger charge is 2.28. The molecule has 3 rings (SSSR count). The van der Waals surface area contributed by atoms with Crippen molar-refractivity contribution >= 4 is 23.5 Å². The Morgan fingerprint density at radius 1 is 0.886 bits per heavy atom. The van der Waals surface area contributed by atoms with Crippen molar-refractivity contribution in [3.8, 4) is 0 Å². The van der Waals surface area contributed by atoms with Crippen LogP contribution in [0.25, 0.3) is 0 Å². The molecule has 1 atom stereocenters. The van der Waals surface area contributed by atoms with Gasteiger partial charge in [-0.25, -0.2) is 0 Å². The molecular weight excluding hydrogens is 452 g/mol. The Labute approximate surface area is 218 Å². The Balaban J connectivity index is 1.51. The smallest absolute Gasteiger partial charge is 0.319 e. The van der Waals surface area contributed by atoms with Gasteiger partial charge >= 0.3 is 5.97 Å². The number of hydrogen-bond donors (Lipinski definition) is 1. The molecule has 0 aromatic heterocycles. The Kier molecular flexibility index (Phi) is 11.7. The molecule has 0 saturated heterocycles. The fraction of sp³-hybridized carbons (Fsp3) is 0.742. The summed E-state index contributed by atoms with van der Waals surface area (Å²) >= 11 is 1.38. The predicted octanol–water partition coefficient (Wildman–Crippen LogP) is 8.87. The van der Waals surface area contributed by atoms with Crippen LogP contribution < -0.4 is 0 Å². The van der Waals surface area contributed by atoms with Crippen molar-refractivity contribution < 1.29 is 14.7 Å². The molecule has 4 heteroatoms. The van der Waals surface area contributed by atoms with Crippen LogP contribution in [0.15, 0.2) is 29.2 Å². The van der Waals surface area contributed by atoms with E-state index in [0.717, 1.165) is 36.5 Å². The van der Waals surface area contributed by atoms with Crippen LogP contribution in [0.3, 0.4) is 0 Å². The monoisotopic (exact) mass is 500 g/mol. The van der Waals surface area contributed by atoms with Crippen molar-refractivity contribution in [2.24, 2.45) is 17.8 Å². The lowest BCUT2D eigenvalue weighted by molar-refractivity contribution is -0.138. The van der Waals surface area contributed by atoms with Crippen LogP contribution in [0, 0.1) is 17.8 Å². The molecule has 0 radical (unpaired) electrons. The number of carbonyl (C=O) groups is 2. The van der Waals surface area contributed by atoms with Gasteiger partial charge in [-0.05, 0) is 62.6 Å². The number of ketones is 1. The van der Waals surface area contributed by atoms with Gasteiger partial charge in [0.05, 0.1) is 0 Å². The Bertz CT molecular complexity index is 773. The zero-order valence-electron chi connectivity index (χ0n) is 22.2. The molecule has 2 aliphatic rings. The van der Waals surface area contributed by atoms with E-state index in [1.807, 2.05) is 12.1 Å². The summed E-state index contributed by atoms with van der Waals surface area (Å²) < 4.78 is -0.838. The molecule has 196 valence electrons. The van der Waals surface area contributed by atoms with Crippen LogP contribution in [-0.4, -0.2) is 21.6 Å². The number of carbonyl (C=O) groups excluding carboxylic acids is 1. The first-order chi connectivity index (χ1) is 16.8. The molecule has 35 heavy (non-hydrogen) atoms. The highest BCUT2D eigenvalue weighted by Crippen LogP contribution is 2.34. The number of aryl methyl sites for hydroxylation is 1. The Morgan fingerprint density at radius 2 is 1.49 bits per heavy atom. The summed E-state index contributed by atoms with van der Waals surface area (Å²) in [5.74, 6) is 1.47. The van der Waals surface area contributed by atoms with E-state index in [1.54, 1.807) is 13.8 Å². The van der Waals surface area contributed by atoms with E-state index < -0.39 is 10.7 Å². The van der Waals surface area contributed by atoms with E-state index in [2.05, 4.69) is 12.1 Å². The topological polar surface area (TPSA) is 54.4 Å². The van der Waals surface area contributed by atoms with E-state index in [0.29, 0.717) is 11.7 Å². The van der Waals surface area contributed by atoms with Gasteiger partial charge in [-0.15, -0.1) is 11.8 Å². The number of thioether (sulfide) groups is 1. The fourth-order valence-electron chi connectivity index (χ4n) is 6.01. The van der Waals surface area contributed by atoms with Crippen LogP contribution in [0.2, 0.25) is 0 Å². The molecule has 0 spiro atoms. The third kappa shape index (κ3) is 9.94. The third-order valence-corrected chi connectivity index (χ3v) is 9.60. The Hall–Kier alpha value is -1.29. The first-order valence-electron chi connectivity index (χ1n) is 14.4. The second-order valence-electron chi connectivity index (χ2n) is 11.8. The molecule has 0 bridgehead atoms. The Morgan fingerprint density at radius 3 is 2.09 bits per heavy atom. The normalized spacial score (nSPS) is 18.9. The maximum Gasteiger partial charge on any atom is 0.319 e. The van der Waals surface area contributed by atoms with E-state index in [4.69, 9.17) is 0 Å². The fourth-order valence-corrected chi connectivity index (χ4v) is 6.96. The molecule has 1 unspecified atom stereocenters. The average molecular weight is 501 g/mol. The molecule has 1 aromatic rings. The quantitative estimate of drug-likeness (QED) is 0.205. The van der Waals surface area contributed by atoms with Crippen molar-refractivity contribution in [1.82, 2.24) is 0 Å². The standard InChI is InChI=1S/C31H48O3S/c1-31(2,30(33)34)35-28-21-18-25(19-22-28)17-20-27(29(32)23-26-14-7-4-8-15-26)16-10-9-13-24-11-5-3-6-12-24/h18-19,21-22,24,26-27H,3-17,20,23H2,1-2H3,(H,33,34). The summed E-state index contributed by atoms with van der Waals surface area (Å²) in [4.78, 5) is 25.7. The molecule has 3 nitrogen and oxygen atoms in total. The maximum atomic E-state index is 13.3. The number of unbranched alkanes of at least 4 members (excludes halogenated alkanes) is 1. The number of carboxylic acids is 1. The van der Waals surface area contributed by atoms with E-state index in [1.165, 1.54) is 101 Å². The second-order valence-corrected chi connectivity index (χ2v) is 13.5. The molecule has 0 amide bonds. The lowest BCUT2D eigenvalue weighted by Crippen LogP contribution is -2.26. The zero-order valence-corrected chi connectivity index (χ0v) is 23.1. The first kappa shape index (κ1) is 28.3. The molecular formula is C31H48O3S. The van der Waals surface area contributed by atoms with E-state index in [-0.39, 0.29) is 5.92 Å². The van der Waals surface area contributed by atoms with Crippen molar-refractivity contribution in [3.05, 3.63) is 29.8 Å². The van der Waals surface area contributed by atoms with E-state index in [9.17, 15) is 14.7 Å². The number of aliphatic carboxylic acids is 1. The minimum absolute atomic E-state index is 0.197. The second kappa shape index (κ2) is 14.4. The molecule has 2 aliphatic carbocycles. The molecule has 0 heterocycles. The maximum absolute atomic E-state index is 13.3. The van der Waals surface area contributed by atoms with Crippen molar-refractivity contribution in [1.29, 1.82) is 0 Å². The van der Waals surface area contributed by atoms with Gasteiger partial charge in [0.1, 0.15) is 10.5 Å². The summed E-state index contributed by atoms with van der Waals surface area (Å²) in [7, 11) is 0. The van der Waals surface area contributed by atoms with Gasteiger partial charge < -0.3 is 5.11 Å². The summed E-state index contributed by atoms with van der Waals surface area (Å²) in [6, 6.07) is 8.31. The zero-order chi connectivity index (χ0) is 25.1. The van der Waals surface area contributed by atoms with Gasteiger partial charge in [0, 0.05) is 17.2 Å². The van der Waals surface area contributed by atoms with Gasteiger partial charge in [0.25, 0.3) is 0 Å². The minimum atomic E-state index is -0.838. The summed E-state index contributed by atoms with van der Waals surface area (Å²) in [6.45, 7) is 3.48. The van der Waals surface area contributed by atoms with Gasteiger partial charge in [-0.1, -0.05) is 95.6 Å². The molecule has 1 aromatic carbocycles.